The number of carboxylic acids is 2. The van der Waals surface area contributed by atoms with Gasteiger partial charge >= 0.3 is 11.9 Å². The summed E-state index contributed by atoms with van der Waals surface area (Å²) in [5.41, 5.74) is 16.4. The Morgan fingerprint density at radius 1 is 0.848 bits per heavy atom. The summed E-state index contributed by atoms with van der Waals surface area (Å²) in [6.07, 6.45) is -0.306. The lowest BCUT2D eigenvalue weighted by molar-refractivity contribution is -0.143. The molecule has 0 aromatic rings. The fourth-order valence-electron chi connectivity index (χ4n) is 2.54. The SMILES string of the molecule is CC(C)[C@H](N)C(=O)N[C@@H](CCCN=C(N)N)C(=O)N[C@@H](C)C(=O)N[C@@H](CCC(=O)O)C(=O)O. The van der Waals surface area contributed by atoms with E-state index in [1.807, 2.05) is 0 Å². The van der Waals surface area contributed by atoms with Gasteiger partial charge in [-0.05, 0) is 32.1 Å². The molecule has 0 fully saturated rings. The van der Waals surface area contributed by atoms with Crippen LogP contribution in [0, 0.1) is 5.92 Å². The zero-order valence-corrected chi connectivity index (χ0v) is 19.0. The number of aliphatic carboxylic acids is 2. The van der Waals surface area contributed by atoms with Gasteiger partial charge in [-0.2, -0.15) is 0 Å². The third-order valence-electron chi connectivity index (χ3n) is 4.61. The van der Waals surface area contributed by atoms with Gasteiger partial charge in [-0.1, -0.05) is 13.8 Å². The Labute approximate surface area is 191 Å². The van der Waals surface area contributed by atoms with Crippen LogP contribution in [0.25, 0.3) is 0 Å². The summed E-state index contributed by atoms with van der Waals surface area (Å²) in [6, 6.07) is -4.51. The number of hydrogen-bond acceptors (Lipinski definition) is 7. The van der Waals surface area contributed by atoms with E-state index in [2.05, 4.69) is 20.9 Å². The summed E-state index contributed by atoms with van der Waals surface area (Å²) < 4.78 is 0. The van der Waals surface area contributed by atoms with Crippen LogP contribution in [-0.4, -0.2) is 76.5 Å². The van der Waals surface area contributed by atoms with Crippen LogP contribution in [0.1, 0.15) is 46.5 Å². The van der Waals surface area contributed by atoms with Crippen molar-refractivity contribution in [3.63, 3.8) is 0 Å². The van der Waals surface area contributed by atoms with Crippen LogP contribution in [0.15, 0.2) is 4.99 Å². The van der Waals surface area contributed by atoms with Crippen molar-refractivity contribution in [2.24, 2.45) is 28.1 Å². The number of aliphatic imine (C=N–C) groups is 1. The molecular formula is C19H35N7O7. The predicted octanol–water partition coefficient (Wildman–Crippen LogP) is -2.55. The minimum absolute atomic E-state index is 0.122. The maximum atomic E-state index is 12.7. The average molecular weight is 474 g/mol. The van der Waals surface area contributed by atoms with E-state index >= 15 is 0 Å². The Bertz CT molecular complexity index is 738. The van der Waals surface area contributed by atoms with Crippen molar-refractivity contribution in [3.8, 4) is 0 Å². The van der Waals surface area contributed by atoms with Crippen LogP contribution in [0.3, 0.4) is 0 Å². The molecule has 0 aliphatic heterocycles. The first-order valence-electron chi connectivity index (χ1n) is 10.4. The maximum Gasteiger partial charge on any atom is 0.326 e. The minimum Gasteiger partial charge on any atom is -0.481 e. The fourth-order valence-corrected chi connectivity index (χ4v) is 2.54. The molecule has 4 atom stereocenters. The van der Waals surface area contributed by atoms with Crippen LogP contribution in [0.4, 0.5) is 0 Å². The minimum atomic E-state index is -1.44. The standard InChI is InChI=1S/C19H35N7O7/c1-9(2)14(20)17(31)25-11(5-4-8-23-19(21)22)16(30)24-10(3)15(29)26-12(18(32)33)6-7-13(27)28/h9-12,14H,4-8,20H2,1-3H3,(H,24,30)(H,25,31)(H,26,29)(H,27,28)(H,32,33)(H4,21,22,23)/t10-,11-,12-,14-/m0/s1. The first-order valence-corrected chi connectivity index (χ1v) is 10.4. The number of hydrogen-bond donors (Lipinski definition) is 8. The van der Waals surface area contributed by atoms with E-state index in [1.165, 1.54) is 6.92 Å². The second-order valence-electron chi connectivity index (χ2n) is 7.84. The molecule has 0 bridgehead atoms. The van der Waals surface area contributed by atoms with E-state index in [0.717, 1.165) is 0 Å². The van der Waals surface area contributed by atoms with E-state index in [4.69, 9.17) is 27.4 Å². The average Bonchev–Trinajstić information content (AvgIpc) is 2.71. The Morgan fingerprint density at radius 3 is 1.91 bits per heavy atom. The van der Waals surface area contributed by atoms with Crippen molar-refractivity contribution >= 4 is 35.6 Å². The zero-order chi connectivity index (χ0) is 25.7. The monoisotopic (exact) mass is 473 g/mol. The Kier molecular flexibility index (Phi) is 13.1. The summed E-state index contributed by atoms with van der Waals surface area (Å²) in [4.78, 5) is 63.1. The first kappa shape index (κ1) is 29.6. The third kappa shape index (κ3) is 12.3. The largest absolute Gasteiger partial charge is 0.481 e. The highest BCUT2D eigenvalue weighted by atomic mass is 16.4. The molecule has 0 aromatic carbocycles. The van der Waals surface area contributed by atoms with Gasteiger partial charge in [-0.15, -0.1) is 0 Å². The molecule has 33 heavy (non-hydrogen) atoms. The summed E-state index contributed by atoms with van der Waals surface area (Å²) in [6.45, 7) is 5.01. The molecule has 0 heterocycles. The van der Waals surface area contributed by atoms with Gasteiger partial charge in [0, 0.05) is 13.0 Å². The Hall–Kier alpha value is -3.42. The number of carboxylic acid groups (broad SMARTS) is 2. The van der Waals surface area contributed by atoms with Gasteiger partial charge in [-0.3, -0.25) is 24.2 Å². The number of nitrogens with one attached hydrogen (secondary N) is 3. The van der Waals surface area contributed by atoms with Crippen molar-refractivity contribution < 1.29 is 34.2 Å². The summed E-state index contributed by atoms with van der Waals surface area (Å²) in [7, 11) is 0. The number of guanidine groups is 1. The zero-order valence-electron chi connectivity index (χ0n) is 19.0. The second kappa shape index (κ2) is 14.6. The van der Waals surface area contributed by atoms with Gasteiger partial charge in [-0.25, -0.2) is 4.79 Å². The highest BCUT2D eigenvalue weighted by Crippen LogP contribution is 2.04. The summed E-state index contributed by atoms with van der Waals surface area (Å²) in [5, 5.41) is 25.0. The van der Waals surface area contributed by atoms with Crippen LogP contribution >= 0.6 is 0 Å². The molecule has 3 amide bonds. The molecule has 14 nitrogen and oxygen atoms in total. The molecule has 0 saturated heterocycles. The molecule has 0 aromatic heterocycles. The van der Waals surface area contributed by atoms with Crippen LogP contribution < -0.4 is 33.2 Å². The van der Waals surface area contributed by atoms with Crippen molar-refractivity contribution in [1.29, 1.82) is 0 Å². The van der Waals surface area contributed by atoms with E-state index < -0.39 is 60.2 Å². The molecule has 188 valence electrons. The normalized spacial score (nSPS) is 14.3. The predicted molar refractivity (Wildman–Crippen MR) is 119 cm³/mol. The number of rotatable bonds is 15. The lowest BCUT2D eigenvalue weighted by Gasteiger charge is -2.24. The van der Waals surface area contributed by atoms with E-state index in [-0.39, 0.29) is 31.3 Å². The van der Waals surface area contributed by atoms with Gasteiger partial charge in [0.2, 0.25) is 17.7 Å². The molecule has 0 unspecified atom stereocenters. The van der Waals surface area contributed by atoms with Crippen molar-refractivity contribution in [1.82, 2.24) is 16.0 Å². The topological polar surface area (TPSA) is 252 Å². The third-order valence-corrected chi connectivity index (χ3v) is 4.61. The summed E-state index contributed by atoms with van der Waals surface area (Å²) in [5.74, 6) is -4.99. The number of carbonyl (C=O) groups excluding carboxylic acids is 3. The Balaban J connectivity index is 5.18. The van der Waals surface area contributed by atoms with Gasteiger partial charge in [0.05, 0.1) is 6.04 Å². The van der Waals surface area contributed by atoms with Gasteiger partial charge in [0.15, 0.2) is 5.96 Å². The lowest BCUT2D eigenvalue weighted by Crippen LogP contribution is -2.56. The number of amides is 3. The first-order chi connectivity index (χ1) is 15.3. The molecule has 0 aliphatic carbocycles. The van der Waals surface area contributed by atoms with Crippen LogP contribution in [0.5, 0.6) is 0 Å². The molecule has 0 rings (SSSR count). The lowest BCUT2D eigenvalue weighted by atomic mass is 10.0. The van der Waals surface area contributed by atoms with E-state index in [9.17, 15) is 24.0 Å². The molecule has 0 saturated carbocycles. The van der Waals surface area contributed by atoms with Crippen molar-refractivity contribution in [3.05, 3.63) is 0 Å². The molecule has 0 radical (unpaired) electrons. The van der Waals surface area contributed by atoms with Crippen molar-refractivity contribution in [2.75, 3.05) is 6.54 Å². The number of carbonyl (C=O) groups is 5. The summed E-state index contributed by atoms with van der Waals surface area (Å²) >= 11 is 0. The maximum absolute atomic E-state index is 12.7. The Morgan fingerprint density at radius 2 is 1.42 bits per heavy atom. The number of nitrogens with two attached hydrogens (primary N) is 3. The molecule has 11 N–H and O–H groups in total. The van der Waals surface area contributed by atoms with Crippen LogP contribution in [-0.2, 0) is 24.0 Å². The van der Waals surface area contributed by atoms with Crippen molar-refractivity contribution in [2.45, 2.75) is 70.6 Å². The smallest absolute Gasteiger partial charge is 0.326 e. The van der Waals surface area contributed by atoms with E-state index in [1.54, 1.807) is 13.8 Å². The van der Waals surface area contributed by atoms with Crippen LogP contribution in [0.2, 0.25) is 0 Å². The van der Waals surface area contributed by atoms with Gasteiger partial charge < -0.3 is 43.4 Å². The molecule has 0 spiro atoms. The highest BCUT2D eigenvalue weighted by Gasteiger charge is 2.28. The van der Waals surface area contributed by atoms with Gasteiger partial charge in [0.1, 0.15) is 18.1 Å². The van der Waals surface area contributed by atoms with E-state index in [0.29, 0.717) is 6.42 Å². The quantitative estimate of drug-likeness (QED) is 0.0701. The second-order valence-corrected chi connectivity index (χ2v) is 7.84. The molecule has 0 aliphatic rings. The fraction of sp³-hybridized carbons (Fsp3) is 0.684. The molecular weight excluding hydrogens is 438 g/mol. The van der Waals surface area contributed by atoms with Gasteiger partial charge in [0.25, 0.3) is 0 Å². The highest BCUT2D eigenvalue weighted by molar-refractivity contribution is 5.94. The molecule has 14 heteroatoms. The number of nitrogens with zero attached hydrogens (tertiary/aromatic N) is 1.